The molecule has 0 unspecified atom stereocenters. The second kappa shape index (κ2) is 7.57. The van der Waals surface area contributed by atoms with Gasteiger partial charge in [-0.3, -0.25) is 14.5 Å². The van der Waals surface area contributed by atoms with Gasteiger partial charge in [0, 0.05) is 42.8 Å². The molecule has 4 rings (SSSR count). The quantitative estimate of drug-likeness (QED) is 0.830. The molecule has 26 heavy (non-hydrogen) atoms. The van der Waals surface area contributed by atoms with Crippen LogP contribution in [0.25, 0.3) is 0 Å². The van der Waals surface area contributed by atoms with Crippen LogP contribution >= 0.6 is 11.6 Å². The molecular formula is C20H26ClN3O2. The average molecular weight is 376 g/mol. The molecule has 1 saturated heterocycles. The zero-order valence-electron chi connectivity index (χ0n) is 15.0. The Balaban J connectivity index is 1.24. The van der Waals surface area contributed by atoms with Gasteiger partial charge >= 0.3 is 0 Å². The van der Waals surface area contributed by atoms with Crippen molar-refractivity contribution in [2.75, 3.05) is 32.7 Å². The van der Waals surface area contributed by atoms with Crippen LogP contribution in [0.4, 0.5) is 0 Å². The summed E-state index contributed by atoms with van der Waals surface area (Å²) < 4.78 is 0. The third kappa shape index (κ3) is 4.38. The Morgan fingerprint density at radius 2 is 1.73 bits per heavy atom. The first-order valence-corrected chi connectivity index (χ1v) is 10.0. The molecule has 2 aliphatic carbocycles. The fraction of sp³-hybridized carbons (Fsp3) is 0.600. The monoisotopic (exact) mass is 375 g/mol. The number of piperazine rings is 1. The summed E-state index contributed by atoms with van der Waals surface area (Å²) in [5.74, 6) is 1.60. The minimum Gasteiger partial charge on any atom is -0.352 e. The van der Waals surface area contributed by atoms with E-state index in [2.05, 4.69) is 10.2 Å². The number of nitrogens with one attached hydrogen (secondary N) is 1. The lowest BCUT2D eigenvalue weighted by molar-refractivity contribution is -0.123. The van der Waals surface area contributed by atoms with Crippen molar-refractivity contribution in [2.24, 2.45) is 11.8 Å². The molecule has 1 aliphatic heterocycles. The van der Waals surface area contributed by atoms with Gasteiger partial charge in [-0.1, -0.05) is 17.7 Å². The highest BCUT2D eigenvalue weighted by molar-refractivity contribution is 6.30. The molecule has 0 aromatic heterocycles. The molecule has 2 saturated carbocycles. The van der Waals surface area contributed by atoms with Crippen LogP contribution in [-0.2, 0) is 4.79 Å². The van der Waals surface area contributed by atoms with E-state index in [1.54, 1.807) is 24.3 Å². The average Bonchev–Trinajstić information content (AvgIpc) is 3.54. The molecule has 0 atom stereocenters. The van der Waals surface area contributed by atoms with Gasteiger partial charge in [0.25, 0.3) is 5.91 Å². The minimum atomic E-state index is 0.0131. The maximum absolute atomic E-state index is 12.6. The van der Waals surface area contributed by atoms with Crippen LogP contribution in [0.1, 0.15) is 36.0 Å². The van der Waals surface area contributed by atoms with Crippen LogP contribution < -0.4 is 5.32 Å². The van der Waals surface area contributed by atoms with E-state index in [0.717, 1.165) is 24.9 Å². The Bertz CT molecular complexity index is 667. The summed E-state index contributed by atoms with van der Waals surface area (Å²) in [5, 5.41) is 3.85. The first-order chi connectivity index (χ1) is 12.6. The number of nitrogens with zero attached hydrogens (tertiary/aromatic N) is 2. The lowest BCUT2D eigenvalue weighted by Gasteiger charge is -2.34. The van der Waals surface area contributed by atoms with Crippen LogP contribution in [0, 0.1) is 11.8 Å². The fourth-order valence-corrected chi connectivity index (χ4v) is 4.07. The molecule has 1 heterocycles. The standard InChI is InChI=1S/C20H26ClN3O2/c21-17-3-1-2-16(12-17)20(26)24-10-8-23(9-11-24)13-18(25)22-19(14-4-5-14)15-6-7-15/h1-3,12,14-15,19H,4-11,13H2,(H,22,25). The Morgan fingerprint density at radius 1 is 1.08 bits per heavy atom. The number of carbonyl (C=O) groups is 2. The van der Waals surface area contributed by atoms with Crippen molar-refractivity contribution in [3.63, 3.8) is 0 Å². The Morgan fingerprint density at radius 3 is 2.31 bits per heavy atom. The van der Waals surface area contributed by atoms with Crippen LogP contribution in [0.15, 0.2) is 24.3 Å². The van der Waals surface area contributed by atoms with E-state index in [0.29, 0.717) is 36.3 Å². The summed E-state index contributed by atoms with van der Waals surface area (Å²) in [6.45, 7) is 3.20. The third-order valence-electron chi connectivity index (χ3n) is 5.69. The first-order valence-electron chi connectivity index (χ1n) is 9.67. The second-order valence-corrected chi connectivity index (χ2v) is 8.28. The molecule has 0 spiro atoms. The zero-order chi connectivity index (χ0) is 18.1. The number of benzene rings is 1. The second-order valence-electron chi connectivity index (χ2n) is 7.85. The summed E-state index contributed by atoms with van der Waals surface area (Å²) in [6, 6.07) is 7.48. The number of hydrogen-bond acceptors (Lipinski definition) is 3. The van der Waals surface area contributed by atoms with Gasteiger partial charge < -0.3 is 10.2 Å². The molecular weight excluding hydrogens is 350 g/mol. The van der Waals surface area contributed by atoms with Crippen molar-refractivity contribution in [2.45, 2.75) is 31.7 Å². The first kappa shape index (κ1) is 17.8. The molecule has 140 valence electrons. The maximum Gasteiger partial charge on any atom is 0.253 e. The van der Waals surface area contributed by atoms with Crippen molar-refractivity contribution in [1.29, 1.82) is 0 Å². The predicted octanol–water partition coefficient (Wildman–Crippen LogP) is 2.40. The molecule has 1 N–H and O–H groups in total. The number of hydrogen-bond donors (Lipinski definition) is 1. The van der Waals surface area contributed by atoms with Crippen LogP contribution in [0.3, 0.4) is 0 Å². The molecule has 5 nitrogen and oxygen atoms in total. The summed E-state index contributed by atoms with van der Waals surface area (Å²) in [6.07, 6.45) is 5.08. The molecule has 0 bridgehead atoms. The third-order valence-corrected chi connectivity index (χ3v) is 5.92. The molecule has 0 radical (unpaired) electrons. The molecule has 2 amide bonds. The van der Waals surface area contributed by atoms with E-state index in [9.17, 15) is 9.59 Å². The van der Waals surface area contributed by atoms with Gasteiger partial charge in [0.05, 0.1) is 6.54 Å². The van der Waals surface area contributed by atoms with E-state index >= 15 is 0 Å². The Hall–Kier alpha value is -1.59. The van der Waals surface area contributed by atoms with E-state index < -0.39 is 0 Å². The smallest absolute Gasteiger partial charge is 0.253 e. The topological polar surface area (TPSA) is 52.7 Å². The summed E-state index contributed by atoms with van der Waals surface area (Å²) in [7, 11) is 0. The van der Waals surface area contributed by atoms with Gasteiger partial charge in [0.1, 0.15) is 0 Å². The van der Waals surface area contributed by atoms with Gasteiger partial charge in [-0.25, -0.2) is 0 Å². The highest BCUT2D eigenvalue weighted by atomic mass is 35.5. The number of carbonyl (C=O) groups excluding carboxylic acids is 2. The summed E-state index contributed by atoms with van der Waals surface area (Å²) in [4.78, 5) is 29.0. The van der Waals surface area contributed by atoms with E-state index in [1.165, 1.54) is 25.7 Å². The molecule has 1 aromatic carbocycles. The summed E-state index contributed by atoms with van der Waals surface area (Å²) in [5.41, 5.74) is 0.625. The van der Waals surface area contributed by atoms with Crippen molar-refractivity contribution in [3.05, 3.63) is 34.9 Å². The van der Waals surface area contributed by atoms with Gasteiger partial charge in [0.2, 0.25) is 5.91 Å². The lowest BCUT2D eigenvalue weighted by Crippen LogP contribution is -2.52. The highest BCUT2D eigenvalue weighted by Gasteiger charge is 2.42. The normalized spacial score (nSPS) is 21.1. The number of halogens is 1. The maximum atomic E-state index is 12.6. The fourth-order valence-electron chi connectivity index (χ4n) is 3.88. The molecule has 6 heteroatoms. The SMILES string of the molecule is O=C(CN1CCN(C(=O)c2cccc(Cl)c2)CC1)NC(C1CC1)C1CC1. The van der Waals surface area contributed by atoms with Gasteiger partial charge in [-0.2, -0.15) is 0 Å². The van der Waals surface area contributed by atoms with Crippen molar-refractivity contribution in [1.82, 2.24) is 15.1 Å². The van der Waals surface area contributed by atoms with Gasteiger partial charge in [-0.15, -0.1) is 0 Å². The lowest BCUT2D eigenvalue weighted by atomic mass is 10.1. The van der Waals surface area contributed by atoms with E-state index in [-0.39, 0.29) is 11.8 Å². The van der Waals surface area contributed by atoms with Gasteiger partial charge in [0.15, 0.2) is 0 Å². The van der Waals surface area contributed by atoms with Crippen molar-refractivity contribution < 1.29 is 9.59 Å². The number of rotatable bonds is 6. The molecule has 1 aromatic rings. The van der Waals surface area contributed by atoms with Crippen molar-refractivity contribution in [3.8, 4) is 0 Å². The van der Waals surface area contributed by atoms with Gasteiger partial charge in [-0.05, 0) is 55.7 Å². The van der Waals surface area contributed by atoms with E-state index in [1.807, 2.05) is 4.90 Å². The van der Waals surface area contributed by atoms with Crippen molar-refractivity contribution >= 4 is 23.4 Å². The number of amides is 2. The van der Waals surface area contributed by atoms with Crippen LogP contribution in [0.5, 0.6) is 0 Å². The molecule has 3 fully saturated rings. The van der Waals surface area contributed by atoms with Crippen LogP contribution in [-0.4, -0.2) is 60.4 Å². The Labute approximate surface area is 159 Å². The van der Waals surface area contributed by atoms with E-state index in [4.69, 9.17) is 11.6 Å². The van der Waals surface area contributed by atoms with Crippen LogP contribution in [0.2, 0.25) is 5.02 Å². The minimum absolute atomic E-state index is 0.0131. The zero-order valence-corrected chi connectivity index (χ0v) is 15.8. The Kier molecular flexibility index (Phi) is 5.18. The predicted molar refractivity (Wildman–Crippen MR) is 101 cm³/mol. The largest absolute Gasteiger partial charge is 0.352 e. The highest BCUT2D eigenvalue weighted by Crippen LogP contribution is 2.44. The summed E-state index contributed by atoms with van der Waals surface area (Å²) >= 11 is 5.98. The molecule has 3 aliphatic rings.